The fraction of sp³-hybridized carbons (Fsp3) is 0.250. The lowest BCUT2D eigenvalue weighted by Crippen LogP contribution is -2.28. The smallest absolute Gasteiger partial charge is 0.236 e. The van der Waals surface area contributed by atoms with Gasteiger partial charge in [0.25, 0.3) is 0 Å². The van der Waals surface area contributed by atoms with E-state index in [4.69, 9.17) is 11.6 Å². The van der Waals surface area contributed by atoms with Crippen LogP contribution in [0.2, 0.25) is 5.02 Å². The zero-order valence-corrected chi connectivity index (χ0v) is 11.9. The number of aromatic nitrogens is 1. The number of benzene rings is 1. The van der Waals surface area contributed by atoms with Crippen molar-refractivity contribution in [2.75, 3.05) is 5.32 Å². The summed E-state index contributed by atoms with van der Waals surface area (Å²) in [5, 5.41) is 3.57. The fourth-order valence-electron chi connectivity index (χ4n) is 2.40. The van der Waals surface area contributed by atoms with Crippen LogP contribution in [0.5, 0.6) is 0 Å². The van der Waals surface area contributed by atoms with Crippen LogP contribution in [0.3, 0.4) is 0 Å². The van der Waals surface area contributed by atoms with Crippen molar-refractivity contribution < 1.29 is 4.79 Å². The van der Waals surface area contributed by atoms with E-state index in [9.17, 15) is 4.79 Å². The van der Waals surface area contributed by atoms with Gasteiger partial charge in [0.1, 0.15) is 5.82 Å². The molecular weight excluding hydrogens is 272 g/mol. The van der Waals surface area contributed by atoms with Gasteiger partial charge in [0, 0.05) is 11.2 Å². The van der Waals surface area contributed by atoms with E-state index in [0.717, 1.165) is 24.0 Å². The van der Waals surface area contributed by atoms with E-state index in [2.05, 4.69) is 10.3 Å². The quantitative estimate of drug-likeness (QED) is 0.934. The Morgan fingerprint density at radius 2 is 2.10 bits per heavy atom. The Bertz CT molecular complexity index is 665. The second kappa shape index (κ2) is 4.91. The molecule has 1 aromatic carbocycles. The predicted octanol–water partition coefficient (Wildman–Crippen LogP) is 3.71. The summed E-state index contributed by atoms with van der Waals surface area (Å²) in [6.07, 6.45) is 3.40. The molecule has 1 aliphatic rings. The summed E-state index contributed by atoms with van der Waals surface area (Å²) in [6.45, 7) is 1.97. The molecule has 0 bridgehead atoms. The molecule has 1 N–H and O–H groups in total. The predicted molar refractivity (Wildman–Crippen MR) is 80.0 cm³/mol. The summed E-state index contributed by atoms with van der Waals surface area (Å²) in [4.78, 5) is 16.7. The highest BCUT2D eigenvalue weighted by Gasteiger charge is 2.51. The SMILES string of the molecule is Cc1ccnc(NC(=O)C2(c3cccc(Cl)c3)CC2)c1. The summed E-state index contributed by atoms with van der Waals surface area (Å²) in [7, 11) is 0. The molecule has 3 rings (SSSR count). The Labute approximate surface area is 123 Å². The normalized spacial score (nSPS) is 15.7. The number of aryl methyl sites for hydroxylation is 1. The first-order valence-electron chi connectivity index (χ1n) is 6.60. The summed E-state index contributed by atoms with van der Waals surface area (Å²) in [5.41, 5.74) is 1.62. The van der Waals surface area contributed by atoms with Crippen LogP contribution in [0.25, 0.3) is 0 Å². The highest BCUT2D eigenvalue weighted by molar-refractivity contribution is 6.30. The third-order valence-electron chi connectivity index (χ3n) is 3.72. The molecule has 1 fully saturated rings. The van der Waals surface area contributed by atoms with Gasteiger partial charge in [-0.15, -0.1) is 0 Å². The number of pyridine rings is 1. The van der Waals surface area contributed by atoms with Crippen molar-refractivity contribution in [2.24, 2.45) is 0 Å². The number of rotatable bonds is 3. The summed E-state index contributed by atoms with van der Waals surface area (Å²) in [6, 6.07) is 11.3. The molecule has 0 aliphatic heterocycles. The largest absolute Gasteiger partial charge is 0.310 e. The average Bonchev–Trinajstić information content (AvgIpc) is 3.20. The van der Waals surface area contributed by atoms with Gasteiger partial charge < -0.3 is 5.32 Å². The summed E-state index contributed by atoms with van der Waals surface area (Å²) < 4.78 is 0. The first-order chi connectivity index (χ1) is 9.60. The molecule has 1 saturated carbocycles. The first kappa shape index (κ1) is 13.1. The van der Waals surface area contributed by atoms with Gasteiger partial charge in [0.2, 0.25) is 5.91 Å². The van der Waals surface area contributed by atoms with Crippen LogP contribution in [-0.2, 0) is 10.2 Å². The van der Waals surface area contributed by atoms with Gasteiger partial charge in [-0.05, 0) is 55.2 Å². The maximum absolute atomic E-state index is 12.5. The Morgan fingerprint density at radius 1 is 1.30 bits per heavy atom. The molecule has 1 amide bonds. The van der Waals surface area contributed by atoms with Crippen LogP contribution in [0.4, 0.5) is 5.82 Å². The standard InChI is InChI=1S/C16H15ClN2O/c1-11-5-8-18-14(9-11)19-15(20)16(6-7-16)12-3-2-4-13(17)10-12/h2-5,8-10H,6-7H2,1H3,(H,18,19,20). The van der Waals surface area contributed by atoms with E-state index in [-0.39, 0.29) is 5.91 Å². The molecule has 1 aromatic heterocycles. The highest BCUT2D eigenvalue weighted by atomic mass is 35.5. The maximum atomic E-state index is 12.5. The average molecular weight is 287 g/mol. The second-order valence-electron chi connectivity index (χ2n) is 5.27. The molecule has 0 saturated heterocycles. The minimum atomic E-state index is -0.434. The number of nitrogens with zero attached hydrogens (tertiary/aromatic N) is 1. The zero-order valence-electron chi connectivity index (χ0n) is 11.2. The van der Waals surface area contributed by atoms with E-state index in [1.54, 1.807) is 6.20 Å². The first-order valence-corrected chi connectivity index (χ1v) is 6.98. The number of halogens is 1. The van der Waals surface area contributed by atoms with Gasteiger partial charge >= 0.3 is 0 Å². The molecule has 0 radical (unpaired) electrons. The molecule has 4 heteroatoms. The highest BCUT2D eigenvalue weighted by Crippen LogP contribution is 2.49. The van der Waals surface area contributed by atoms with Crippen LogP contribution < -0.4 is 5.32 Å². The van der Waals surface area contributed by atoms with Gasteiger partial charge in [-0.3, -0.25) is 4.79 Å². The Hall–Kier alpha value is -1.87. The van der Waals surface area contributed by atoms with Crippen LogP contribution >= 0.6 is 11.6 Å². The summed E-state index contributed by atoms with van der Waals surface area (Å²) in [5.74, 6) is 0.598. The van der Waals surface area contributed by atoms with E-state index >= 15 is 0 Å². The van der Waals surface area contributed by atoms with Gasteiger partial charge in [-0.1, -0.05) is 23.7 Å². The lowest BCUT2D eigenvalue weighted by Gasteiger charge is -2.15. The van der Waals surface area contributed by atoms with Gasteiger partial charge in [-0.2, -0.15) is 0 Å². The van der Waals surface area contributed by atoms with Gasteiger partial charge in [0.15, 0.2) is 0 Å². The van der Waals surface area contributed by atoms with Crippen molar-refractivity contribution in [1.29, 1.82) is 0 Å². The number of hydrogen-bond donors (Lipinski definition) is 1. The van der Waals surface area contributed by atoms with E-state index in [1.807, 2.05) is 43.3 Å². The van der Waals surface area contributed by atoms with E-state index in [1.165, 1.54) is 0 Å². The Morgan fingerprint density at radius 3 is 2.75 bits per heavy atom. The number of nitrogens with one attached hydrogen (secondary N) is 1. The van der Waals surface area contributed by atoms with Crippen LogP contribution in [0.15, 0.2) is 42.6 Å². The number of carbonyl (C=O) groups is 1. The van der Waals surface area contributed by atoms with E-state index < -0.39 is 5.41 Å². The van der Waals surface area contributed by atoms with Crippen molar-refractivity contribution in [3.63, 3.8) is 0 Å². The third kappa shape index (κ3) is 2.41. The topological polar surface area (TPSA) is 42.0 Å². The van der Waals surface area contributed by atoms with Crippen LogP contribution in [0.1, 0.15) is 24.0 Å². The molecule has 0 spiro atoms. The maximum Gasteiger partial charge on any atom is 0.236 e. The van der Waals surface area contributed by atoms with Crippen LogP contribution in [-0.4, -0.2) is 10.9 Å². The van der Waals surface area contributed by atoms with Crippen LogP contribution in [0, 0.1) is 6.92 Å². The third-order valence-corrected chi connectivity index (χ3v) is 3.95. The number of amides is 1. The molecule has 20 heavy (non-hydrogen) atoms. The molecule has 0 unspecified atom stereocenters. The zero-order chi connectivity index (χ0) is 14.2. The second-order valence-corrected chi connectivity index (χ2v) is 5.70. The molecule has 1 aliphatic carbocycles. The minimum Gasteiger partial charge on any atom is -0.310 e. The lowest BCUT2D eigenvalue weighted by molar-refractivity contribution is -0.118. The Kier molecular flexibility index (Phi) is 3.22. The fourth-order valence-corrected chi connectivity index (χ4v) is 2.59. The van der Waals surface area contributed by atoms with Crippen molar-refractivity contribution >= 4 is 23.3 Å². The van der Waals surface area contributed by atoms with Gasteiger partial charge in [0.05, 0.1) is 5.41 Å². The molecule has 3 nitrogen and oxygen atoms in total. The number of carbonyl (C=O) groups excluding carboxylic acids is 1. The lowest BCUT2D eigenvalue weighted by atomic mass is 9.95. The summed E-state index contributed by atoms with van der Waals surface area (Å²) >= 11 is 6.02. The molecular formula is C16H15ClN2O. The Balaban J connectivity index is 1.83. The van der Waals surface area contributed by atoms with Crippen molar-refractivity contribution in [3.8, 4) is 0 Å². The minimum absolute atomic E-state index is 0.00198. The molecule has 102 valence electrons. The van der Waals surface area contributed by atoms with Gasteiger partial charge in [-0.25, -0.2) is 4.98 Å². The van der Waals surface area contributed by atoms with Crippen molar-refractivity contribution in [2.45, 2.75) is 25.2 Å². The number of hydrogen-bond acceptors (Lipinski definition) is 2. The molecule has 2 aromatic rings. The molecule has 0 atom stereocenters. The van der Waals surface area contributed by atoms with E-state index in [0.29, 0.717) is 10.8 Å². The monoisotopic (exact) mass is 286 g/mol. The van der Waals surface area contributed by atoms with Crippen molar-refractivity contribution in [3.05, 3.63) is 58.7 Å². The molecule has 1 heterocycles. The number of anilines is 1. The van der Waals surface area contributed by atoms with Crippen molar-refractivity contribution in [1.82, 2.24) is 4.98 Å².